The average Bonchev–Trinajstić information content (AvgIpc) is 2.53. The van der Waals surface area contributed by atoms with Gasteiger partial charge in [0.1, 0.15) is 0 Å². The lowest BCUT2D eigenvalue weighted by Gasteiger charge is -2.47. The van der Waals surface area contributed by atoms with Crippen molar-refractivity contribution in [3.05, 3.63) is 17.7 Å². The van der Waals surface area contributed by atoms with Crippen LogP contribution in [0.3, 0.4) is 0 Å². The molecule has 0 unspecified atom stereocenters. The van der Waals surface area contributed by atoms with Crippen LogP contribution < -0.4 is 0 Å². The summed E-state index contributed by atoms with van der Waals surface area (Å²) in [5.74, 6) is -2.18. The molecule has 1 aliphatic rings. The molecule has 1 rings (SSSR count). The molecule has 0 heterocycles. The molecule has 0 aromatic rings. The predicted molar refractivity (Wildman–Crippen MR) is 98.8 cm³/mol. The number of nitrogens with zero attached hydrogens (tertiary/aromatic N) is 2. The minimum Gasteiger partial charge on any atom is -0.460 e. The van der Waals surface area contributed by atoms with E-state index in [1.165, 1.54) is 0 Å². The lowest BCUT2D eigenvalue weighted by molar-refractivity contribution is -0.141. The molecule has 0 aromatic carbocycles. The van der Waals surface area contributed by atoms with Crippen molar-refractivity contribution in [2.75, 3.05) is 7.11 Å². The molecule has 0 saturated heterocycles. The number of esters is 1. The largest absolute Gasteiger partial charge is 0.460 e. The van der Waals surface area contributed by atoms with Gasteiger partial charge in [0.25, 0.3) is 5.78 Å². The maximum atomic E-state index is 12.8. The topological polar surface area (TPSA) is 89.0 Å². The number of methoxy groups -OCH3 is 1. The number of hydrogen-bond acceptors (Lipinski definition) is 4. The van der Waals surface area contributed by atoms with E-state index in [1.54, 1.807) is 6.92 Å². The van der Waals surface area contributed by atoms with E-state index in [0.29, 0.717) is 6.42 Å². The van der Waals surface area contributed by atoms with Crippen molar-refractivity contribution in [1.82, 2.24) is 0 Å². The van der Waals surface area contributed by atoms with E-state index in [9.17, 15) is 9.59 Å². The van der Waals surface area contributed by atoms with Gasteiger partial charge in [-0.15, -0.1) is 0 Å². The third kappa shape index (κ3) is 4.54. The minimum atomic E-state index is -2.18. The van der Waals surface area contributed by atoms with Crippen LogP contribution in [0.4, 0.5) is 0 Å². The molecule has 0 saturated carbocycles. The molecule has 7 heteroatoms. The number of ether oxygens (including phenoxy) is 1. The summed E-state index contributed by atoms with van der Waals surface area (Å²) in [6, 6.07) is 0. The zero-order chi connectivity index (χ0) is 19.5. The number of allylic oxidation sites excluding steroid dienone is 1. The first kappa shape index (κ1) is 21.5. The molecular formula is C18H30N2O4Si. The SMILES string of the molecule is COC(=O)C(=[N+]=[N-])C(=O)[C@@H](C)[C@@]1(O[Si](C)(C)C(C)(C)C)C=CCCC1. The molecule has 1 aliphatic carbocycles. The highest BCUT2D eigenvalue weighted by Crippen LogP contribution is 2.44. The van der Waals surface area contributed by atoms with Gasteiger partial charge in [0.05, 0.1) is 18.6 Å². The highest BCUT2D eigenvalue weighted by molar-refractivity contribution is 6.74. The third-order valence-electron chi connectivity index (χ3n) is 5.43. The molecule has 2 atom stereocenters. The Bertz CT molecular complexity index is 615. The van der Waals surface area contributed by atoms with Crippen LogP contribution in [0.5, 0.6) is 0 Å². The van der Waals surface area contributed by atoms with Crippen LogP contribution in [0.25, 0.3) is 5.53 Å². The Balaban J connectivity index is 3.29. The van der Waals surface area contributed by atoms with Crippen LogP contribution in [-0.4, -0.2) is 43.3 Å². The first-order chi connectivity index (χ1) is 11.4. The zero-order valence-electron chi connectivity index (χ0n) is 16.4. The average molecular weight is 367 g/mol. The van der Waals surface area contributed by atoms with Crippen molar-refractivity contribution in [1.29, 1.82) is 0 Å². The van der Waals surface area contributed by atoms with Crippen LogP contribution in [0, 0.1) is 5.92 Å². The van der Waals surface area contributed by atoms with Crippen molar-refractivity contribution in [3.8, 4) is 0 Å². The predicted octanol–water partition coefficient (Wildman–Crippen LogP) is 3.54. The van der Waals surface area contributed by atoms with E-state index in [1.807, 2.05) is 12.2 Å². The molecule has 0 aliphatic heterocycles. The first-order valence-corrected chi connectivity index (χ1v) is 11.5. The molecule has 0 amide bonds. The first-order valence-electron chi connectivity index (χ1n) is 8.64. The summed E-state index contributed by atoms with van der Waals surface area (Å²) in [6.07, 6.45) is 6.48. The quantitative estimate of drug-likeness (QED) is 0.137. The Morgan fingerprint density at radius 2 is 1.92 bits per heavy atom. The summed E-state index contributed by atoms with van der Waals surface area (Å²) in [5, 5.41) is -0.0235. The van der Waals surface area contributed by atoms with Crippen LogP contribution in [0.2, 0.25) is 18.1 Å². The molecule has 0 bridgehead atoms. The number of ketones is 1. The Hall–Kier alpha value is -1.56. The lowest BCUT2D eigenvalue weighted by atomic mass is 9.78. The fourth-order valence-corrected chi connectivity index (χ4v) is 4.34. The van der Waals surface area contributed by atoms with Gasteiger partial charge in [0, 0.05) is 0 Å². The summed E-state index contributed by atoms with van der Waals surface area (Å²) in [7, 11) is -1.03. The molecule has 25 heavy (non-hydrogen) atoms. The van der Waals surface area contributed by atoms with Crippen molar-refractivity contribution >= 4 is 25.8 Å². The molecule has 0 aromatic heterocycles. The van der Waals surface area contributed by atoms with E-state index in [4.69, 9.17) is 9.96 Å². The molecule has 0 radical (unpaired) electrons. The van der Waals surface area contributed by atoms with Crippen molar-refractivity contribution in [3.63, 3.8) is 0 Å². The van der Waals surface area contributed by atoms with Crippen LogP contribution >= 0.6 is 0 Å². The monoisotopic (exact) mass is 366 g/mol. The molecule has 140 valence electrons. The van der Waals surface area contributed by atoms with Gasteiger partial charge in [-0.1, -0.05) is 39.8 Å². The second-order valence-corrected chi connectivity index (χ2v) is 12.9. The van der Waals surface area contributed by atoms with E-state index < -0.39 is 37.3 Å². The van der Waals surface area contributed by atoms with Gasteiger partial charge in [-0.2, -0.15) is 4.79 Å². The maximum Gasteiger partial charge on any atom is 0.441 e. The molecule has 0 fully saturated rings. The van der Waals surface area contributed by atoms with Crippen LogP contribution in [-0.2, 0) is 18.8 Å². The third-order valence-corrected chi connectivity index (χ3v) is 9.93. The van der Waals surface area contributed by atoms with Gasteiger partial charge in [0.2, 0.25) is 0 Å². The van der Waals surface area contributed by atoms with E-state index >= 15 is 0 Å². The number of hydrogen-bond donors (Lipinski definition) is 0. The number of rotatable bonds is 6. The molecule has 0 spiro atoms. The summed E-state index contributed by atoms with van der Waals surface area (Å²) in [5.41, 5.74) is 7.71. The zero-order valence-corrected chi connectivity index (χ0v) is 17.4. The highest BCUT2D eigenvalue weighted by Gasteiger charge is 2.51. The Labute approximate surface area is 151 Å². The second-order valence-electron chi connectivity index (χ2n) is 8.14. The van der Waals surface area contributed by atoms with E-state index in [2.05, 4.69) is 43.4 Å². The number of carbonyl (C=O) groups is 2. The smallest absolute Gasteiger partial charge is 0.441 e. The highest BCUT2D eigenvalue weighted by atomic mass is 28.4. The maximum absolute atomic E-state index is 12.8. The van der Waals surface area contributed by atoms with Gasteiger partial charge < -0.3 is 14.7 Å². The van der Waals surface area contributed by atoms with E-state index in [-0.39, 0.29) is 5.04 Å². The van der Waals surface area contributed by atoms with Crippen molar-refractivity contribution in [2.45, 2.75) is 70.7 Å². The van der Waals surface area contributed by atoms with Gasteiger partial charge in [0.15, 0.2) is 8.32 Å². The van der Waals surface area contributed by atoms with Gasteiger partial charge in [-0.25, -0.2) is 4.79 Å². The summed E-state index contributed by atoms with van der Waals surface area (Å²) >= 11 is 0. The summed E-state index contributed by atoms with van der Waals surface area (Å²) in [4.78, 5) is 27.4. The van der Waals surface area contributed by atoms with Crippen molar-refractivity contribution < 1.29 is 23.5 Å². The number of carbonyl (C=O) groups excluding carboxylic acids is 2. The molecule has 0 N–H and O–H groups in total. The fourth-order valence-electron chi connectivity index (χ4n) is 2.74. The lowest BCUT2D eigenvalue weighted by Crippen LogP contribution is -2.55. The standard InChI is InChI=1S/C18H30N2O4Si/c1-13(15(21)14(20-19)16(22)23-5)18(11-9-8-10-12-18)24-25(6,7)17(2,3)4/h9,11,13H,8,10,12H2,1-7H3/t13-,18-/m1/s1. The van der Waals surface area contributed by atoms with Gasteiger partial charge in [-0.05, 0) is 37.4 Å². The van der Waals surface area contributed by atoms with Gasteiger partial charge in [-0.3, -0.25) is 4.79 Å². The summed E-state index contributed by atoms with van der Waals surface area (Å²) in [6.45, 7) is 12.4. The van der Waals surface area contributed by atoms with Crippen molar-refractivity contribution in [2.24, 2.45) is 5.92 Å². The second kappa shape index (κ2) is 7.77. The Morgan fingerprint density at radius 3 is 2.32 bits per heavy atom. The molecule has 6 nitrogen and oxygen atoms in total. The minimum absolute atomic E-state index is 0.0235. The molecular weight excluding hydrogens is 336 g/mol. The number of Topliss-reactive ketones (excluding diaryl/α,β-unsaturated/α-hetero) is 1. The fraction of sp³-hybridized carbons (Fsp3) is 0.722. The Kier molecular flexibility index (Phi) is 6.67. The normalized spacial score (nSPS) is 22.0. The summed E-state index contributed by atoms with van der Waals surface area (Å²) < 4.78 is 11.2. The van der Waals surface area contributed by atoms with Crippen LogP contribution in [0.15, 0.2) is 12.2 Å². The van der Waals surface area contributed by atoms with Crippen LogP contribution in [0.1, 0.15) is 47.0 Å². The van der Waals surface area contributed by atoms with E-state index in [0.717, 1.165) is 20.0 Å². The Morgan fingerprint density at radius 1 is 1.32 bits per heavy atom. The van der Waals surface area contributed by atoms with Gasteiger partial charge >= 0.3 is 11.7 Å².